The summed E-state index contributed by atoms with van der Waals surface area (Å²) in [4.78, 5) is 27.3. The molecular weight excluding hydrogens is 415 g/mol. The molecule has 1 atom stereocenters. The number of hydrogen-bond acceptors (Lipinski definition) is 2. The van der Waals surface area contributed by atoms with Crippen LogP contribution >= 0.6 is 11.6 Å². The molecule has 1 unspecified atom stereocenters. The molecule has 1 N–H and O–H groups in total. The van der Waals surface area contributed by atoms with Crippen LogP contribution in [0.5, 0.6) is 0 Å². The first-order chi connectivity index (χ1) is 14.9. The average molecular weight is 439 g/mol. The van der Waals surface area contributed by atoms with Crippen LogP contribution in [0.1, 0.15) is 23.6 Å². The van der Waals surface area contributed by atoms with Crippen molar-refractivity contribution < 1.29 is 14.0 Å². The van der Waals surface area contributed by atoms with Gasteiger partial charge >= 0.3 is 0 Å². The van der Waals surface area contributed by atoms with E-state index in [1.807, 2.05) is 48.5 Å². The first-order valence-corrected chi connectivity index (χ1v) is 10.4. The lowest BCUT2D eigenvalue weighted by molar-refractivity contribution is -0.139. The molecule has 0 saturated heterocycles. The van der Waals surface area contributed by atoms with Crippen LogP contribution in [0.25, 0.3) is 0 Å². The molecule has 0 spiro atoms. The van der Waals surface area contributed by atoms with Gasteiger partial charge in [-0.05, 0) is 34.9 Å². The van der Waals surface area contributed by atoms with Gasteiger partial charge in [-0.3, -0.25) is 9.59 Å². The lowest BCUT2D eigenvalue weighted by atomic mass is 10.0. The molecule has 0 fully saturated rings. The molecule has 0 aromatic heterocycles. The Bertz CT molecular complexity index is 1030. The summed E-state index contributed by atoms with van der Waals surface area (Å²) in [5.41, 5.74) is 2.48. The van der Waals surface area contributed by atoms with E-state index in [-0.39, 0.29) is 30.7 Å². The number of halogens is 2. The van der Waals surface area contributed by atoms with Gasteiger partial charge in [-0.25, -0.2) is 4.39 Å². The van der Waals surface area contributed by atoms with Crippen molar-refractivity contribution in [2.24, 2.45) is 0 Å². The van der Waals surface area contributed by atoms with E-state index in [2.05, 4.69) is 5.32 Å². The number of carbonyl (C=O) groups excluding carboxylic acids is 2. The van der Waals surface area contributed by atoms with Gasteiger partial charge in [0.2, 0.25) is 11.8 Å². The van der Waals surface area contributed by atoms with E-state index in [4.69, 9.17) is 11.6 Å². The highest BCUT2D eigenvalue weighted by Crippen LogP contribution is 2.17. The van der Waals surface area contributed by atoms with Crippen molar-refractivity contribution in [1.82, 2.24) is 10.2 Å². The quantitative estimate of drug-likeness (QED) is 0.551. The number of nitrogens with zero attached hydrogens (tertiary/aromatic N) is 1. The van der Waals surface area contributed by atoms with Crippen LogP contribution in [0.2, 0.25) is 5.02 Å². The van der Waals surface area contributed by atoms with E-state index < -0.39 is 6.04 Å². The van der Waals surface area contributed by atoms with Crippen molar-refractivity contribution in [1.29, 1.82) is 0 Å². The molecule has 4 nitrogen and oxygen atoms in total. The molecule has 0 aliphatic carbocycles. The van der Waals surface area contributed by atoms with Gasteiger partial charge in [0.1, 0.15) is 11.9 Å². The minimum Gasteiger partial charge on any atom is -0.350 e. The van der Waals surface area contributed by atoms with E-state index in [9.17, 15) is 14.0 Å². The summed E-state index contributed by atoms with van der Waals surface area (Å²) >= 11 is 6.20. The van der Waals surface area contributed by atoms with Crippen LogP contribution in [-0.2, 0) is 29.1 Å². The first kappa shape index (κ1) is 22.5. The molecule has 2 amide bonds. The van der Waals surface area contributed by atoms with Crippen molar-refractivity contribution in [3.05, 3.63) is 106 Å². The Morgan fingerprint density at radius 2 is 1.58 bits per heavy atom. The summed E-state index contributed by atoms with van der Waals surface area (Å²) in [6, 6.07) is 22.0. The highest BCUT2D eigenvalue weighted by atomic mass is 35.5. The standard InChI is InChI=1S/C25H24ClFN2O2/c1-18(30)29(17-20-11-13-22(27)14-12-20)24(15-19-7-3-2-4-8-19)25(31)28-16-21-9-5-6-10-23(21)26/h2-14,24H,15-17H2,1H3,(H,28,31). The van der Waals surface area contributed by atoms with Gasteiger partial charge in [0.05, 0.1) is 0 Å². The lowest BCUT2D eigenvalue weighted by Crippen LogP contribution is -2.49. The third-order valence-electron chi connectivity index (χ3n) is 5.03. The SMILES string of the molecule is CC(=O)N(Cc1ccc(F)cc1)C(Cc1ccccc1)C(=O)NCc1ccccc1Cl. The van der Waals surface area contributed by atoms with Gasteiger partial charge in [-0.15, -0.1) is 0 Å². The fourth-order valence-corrected chi connectivity index (χ4v) is 3.55. The maximum absolute atomic E-state index is 13.3. The van der Waals surface area contributed by atoms with Crippen molar-refractivity contribution >= 4 is 23.4 Å². The second kappa shape index (κ2) is 10.7. The smallest absolute Gasteiger partial charge is 0.243 e. The van der Waals surface area contributed by atoms with Crippen LogP contribution in [0.15, 0.2) is 78.9 Å². The molecular formula is C25H24ClFN2O2. The Kier molecular flexibility index (Phi) is 7.79. The average Bonchev–Trinajstić information content (AvgIpc) is 2.77. The maximum atomic E-state index is 13.3. The molecule has 3 aromatic carbocycles. The molecule has 0 aliphatic rings. The van der Waals surface area contributed by atoms with E-state index in [0.717, 1.165) is 16.7 Å². The Hall–Kier alpha value is -3.18. The molecule has 0 saturated carbocycles. The summed E-state index contributed by atoms with van der Waals surface area (Å²) in [6.07, 6.45) is 0.357. The summed E-state index contributed by atoms with van der Waals surface area (Å²) in [5.74, 6) is -0.865. The van der Waals surface area contributed by atoms with Gasteiger partial charge in [0.25, 0.3) is 0 Å². The Labute approximate surface area is 186 Å². The zero-order chi connectivity index (χ0) is 22.2. The van der Waals surface area contributed by atoms with Crippen molar-refractivity contribution in [2.45, 2.75) is 32.5 Å². The van der Waals surface area contributed by atoms with E-state index in [1.54, 1.807) is 18.2 Å². The summed E-state index contributed by atoms with van der Waals surface area (Å²) in [7, 11) is 0. The van der Waals surface area contributed by atoms with Gasteiger partial charge in [-0.2, -0.15) is 0 Å². The van der Waals surface area contributed by atoms with Gasteiger partial charge in [0, 0.05) is 31.5 Å². The monoisotopic (exact) mass is 438 g/mol. The predicted octanol–water partition coefficient (Wildman–Crippen LogP) is 4.76. The minimum absolute atomic E-state index is 0.201. The van der Waals surface area contributed by atoms with Crippen LogP contribution in [0.3, 0.4) is 0 Å². The Morgan fingerprint density at radius 3 is 2.23 bits per heavy atom. The third kappa shape index (κ3) is 6.40. The molecule has 160 valence electrons. The summed E-state index contributed by atoms with van der Waals surface area (Å²) in [5, 5.41) is 3.48. The number of amides is 2. The van der Waals surface area contributed by atoms with Crippen LogP contribution in [-0.4, -0.2) is 22.8 Å². The number of hydrogen-bond donors (Lipinski definition) is 1. The second-order valence-electron chi connectivity index (χ2n) is 7.29. The van der Waals surface area contributed by atoms with Crippen LogP contribution in [0, 0.1) is 5.82 Å². The van der Waals surface area contributed by atoms with E-state index in [1.165, 1.54) is 24.0 Å². The largest absolute Gasteiger partial charge is 0.350 e. The molecule has 0 bridgehead atoms. The van der Waals surface area contributed by atoms with Gasteiger partial charge in [-0.1, -0.05) is 72.3 Å². The molecule has 0 heterocycles. The third-order valence-corrected chi connectivity index (χ3v) is 5.40. The van der Waals surface area contributed by atoms with Gasteiger partial charge in [0.15, 0.2) is 0 Å². The van der Waals surface area contributed by atoms with E-state index >= 15 is 0 Å². The number of rotatable bonds is 8. The van der Waals surface area contributed by atoms with Crippen LogP contribution in [0.4, 0.5) is 4.39 Å². The van der Waals surface area contributed by atoms with Crippen LogP contribution < -0.4 is 5.32 Å². The molecule has 0 aliphatic heterocycles. The highest BCUT2D eigenvalue weighted by Gasteiger charge is 2.28. The fourth-order valence-electron chi connectivity index (χ4n) is 3.35. The first-order valence-electron chi connectivity index (χ1n) is 10.0. The van der Waals surface area contributed by atoms with Crippen molar-refractivity contribution in [3.8, 4) is 0 Å². The lowest BCUT2D eigenvalue weighted by Gasteiger charge is -2.30. The van der Waals surface area contributed by atoms with Gasteiger partial charge < -0.3 is 10.2 Å². The normalized spacial score (nSPS) is 11.6. The fraction of sp³-hybridized carbons (Fsp3) is 0.200. The van der Waals surface area contributed by atoms with E-state index in [0.29, 0.717) is 11.4 Å². The predicted molar refractivity (Wildman–Crippen MR) is 120 cm³/mol. The number of nitrogens with one attached hydrogen (secondary N) is 1. The number of benzene rings is 3. The Balaban J connectivity index is 1.83. The summed E-state index contributed by atoms with van der Waals surface area (Å²) in [6.45, 7) is 1.89. The molecule has 0 radical (unpaired) electrons. The minimum atomic E-state index is -0.729. The van der Waals surface area contributed by atoms with Crippen molar-refractivity contribution in [3.63, 3.8) is 0 Å². The maximum Gasteiger partial charge on any atom is 0.243 e. The zero-order valence-corrected chi connectivity index (χ0v) is 18.0. The molecule has 3 rings (SSSR count). The summed E-state index contributed by atoms with van der Waals surface area (Å²) < 4.78 is 13.3. The second-order valence-corrected chi connectivity index (χ2v) is 7.70. The highest BCUT2D eigenvalue weighted by molar-refractivity contribution is 6.31. The topological polar surface area (TPSA) is 49.4 Å². The van der Waals surface area contributed by atoms with Crippen molar-refractivity contribution in [2.75, 3.05) is 0 Å². The molecule has 3 aromatic rings. The number of carbonyl (C=O) groups is 2. The molecule has 6 heteroatoms. The molecule has 31 heavy (non-hydrogen) atoms. The Morgan fingerprint density at radius 1 is 0.935 bits per heavy atom. The zero-order valence-electron chi connectivity index (χ0n) is 17.2.